The number of amides is 1. The van der Waals surface area contributed by atoms with Gasteiger partial charge in [-0.3, -0.25) is 4.79 Å². The van der Waals surface area contributed by atoms with Gasteiger partial charge in [0.05, 0.1) is 6.04 Å². The highest BCUT2D eigenvalue weighted by Crippen LogP contribution is 2.23. The molecule has 7 heteroatoms. The van der Waals surface area contributed by atoms with Gasteiger partial charge in [-0.15, -0.1) is 0 Å². The molecule has 1 atom stereocenters. The average Bonchev–Trinajstić information content (AvgIpc) is 2.26. The zero-order valence-corrected chi connectivity index (χ0v) is 9.95. The molecular weight excluding hydrogens is 263 g/mol. The quantitative estimate of drug-likeness (QED) is 0.885. The fourth-order valence-corrected chi connectivity index (χ4v) is 1.62. The Hall–Kier alpha value is -2.05. The maximum Gasteiger partial charge on any atom is 0.471 e. The molecule has 0 unspecified atom stereocenters. The molecule has 1 amide bonds. The predicted octanol–water partition coefficient (Wildman–Crippen LogP) is 0.855. The van der Waals surface area contributed by atoms with E-state index >= 15 is 0 Å². The van der Waals surface area contributed by atoms with Crippen molar-refractivity contribution in [2.45, 2.75) is 25.6 Å². The van der Waals surface area contributed by atoms with Gasteiger partial charge < -0.3 is 15.2 Å². The van der Waals surface area contributed by atoms with Crippen molar-refractivity contribution in [1.82, 2.24) is 5.32 Å². The van der Waals surface area contributed by atoms with Crippen LogP contribution in [0.15, 0.2) is 24.3 Å². The van der Waals surface area contributed by atoms with Crippen molar-refractivity contribution >= 4 is 11.9 Å². The van der Waals surface area contributed by atoms with Crippen LogP contribution in [-0.4, -0.2) is 18.1 Å². The number of carboxylic acid groups (broad SMARTS) is 1. The molecule has 0 radical (unpaired) electrons. The monoisotopic (exact) mass is 274 g/mol. The maximum atomic E-state index is 12.2. The molecule has 0 saturated carbocycles. The van der Waals surface area contributed by atoms with Crippen LogP contribution < -0.4 is 10.4 Å². The molecule has 0 spiro atoms. The third-order valence-corrected chi connectivity index (χ3v) is 2.50. The van der Waals surface area contributed by atoms with E-state index < -0.39 is 30.5 Å². The first-order valence-corrected chi connectivity index (χ1v) is 5.35. The topological polar surface area (TPSA) is 69.2 Å². The summed E-state index contributed by atoms with van der Waals surface area (Å²) in [6, 6.07) is 4.99. The molecule has 1 aromatic rings. The van der Waals surface area contributed by atoms with Crippen molar-refractivity contribution < 1.29 is 27.9 Å². The first-order valence-electron chi connectivity index (χ1n) is 5.35. The van der Waals surface area contributed by atoms with Gasteiger partial charge in [0.25, 0.3) is 0 Å². The van der Waals surface area contributed by atoms with Crippen LogP contribution in [0.1, 0.15) is 23.6 Å². The van der Waals surface area contributed by atoms with Crippen molar-refractivity contribution in [3.05, 3.63) is 35.4 Å². The Morgan fingerprint density at radius 3 is 2.37 bits per heavy atom. The molecule has 0 aliphatic carbocycles. The normalized spacial score (nSPS) is 12.8. The third kappa shape index (κ3) is 4.27. The first-order chi connectivity index (χ1) is 8.71. The van der Waals surface area contributed by atoms with Crippen LogP contribution in [0.4, 0.5) is 13.2 Å². The van der Waals surface area contributed by atoms with Crippen LogP contribution in [0.25, 0.3) is 0 Å². The summed E-state index contributed by atoms with van der Waals surface area (Å²) in [5.74, 6) is -3.72. The second-order valence-corrected chi connectivity index (χ2v) is 3.96. The Morgan fingerprint density at radius 2 is 1.89 bits per heavy atom. The summed E-state index contributed by atoms with van der Waals surface area (Å²) in [5.41, 5.74) is 0.889. The molecule has 0 aliphatic rings. The molecule has 0 aromatic heterocycles. The number of carbonyl (C=O) groups excluding carboxylic acids is 2. The molecule has 1 aromatic carbocycles. The van der Waals surface area contributed by atoms with Crippen LogP contribution in [0, 0.1) is 6.92 Å². The Labute approximate surface area is 107 Å². The summed E-state index contributed by atoms with van der Waals surface area (Å²) in [6.45, 7) is 1.61. The van der Waals surface area contributed by atoms with Crippen molar-refractivity contribution in [1.29, 1.82) is 0 Å². The SMILES string of the molecule is Cc1ccccc1[C@H](CC(=O)[O-])NC(=O)C(F)(F)F. The first kappa shape index (κ1) is 15.0. The highest BCUT2D eigenvalue weighted by Gasteiger charge is 2.40. The number of hydrogen-bond donors (Lipinski definition) is 1. The molecule has 1 N–H and O–H groups in total. The van der Waals surface area contributed by atoms with Gasteiger partial charge in [0.2, 0.25) is 0 Å². The Kier molecular flexibility index (Phi) is 4.52. The van der Waals surface area contributed by atoms with Gasteiger partial charge in [0.15, 0.2) is 0 Å². The lowest BCUT2D eigenvalue weighted by atomic mass is 9.99. The second-order valence-electron chi connectivity index (χ2n) is 3.96. The number of aliphatic carboxylic acids is 1. The minimum atomic E-state index is -5.06. The summed E-state index contributed by atoms with van der Waals surface area (Å²) in [7, 11) is 0. The summed E-state index contributed by atoms with van der Waals surface area (Å²) in [4.78, 5) is 21.5. The van der Waals surface area contributed by atoms with Crippen LogP contribution in [0.2, 0.25) is 0 Å². The van der Waals surface area contributed by atoms with Crippen LogP contribution in [0.5, 0.6) is 0 Å². The van der Waals surface area contributed by atoms with Gasteiger partial charge in [-0.05, 0) is 18.1 Å². The van der Waals surface area contributed by atoms with Gasteiger partial charge in [0, 0.05) is 12.4 Å². The Bertz CT molecular complexity index is 485. The van der Waals surface area contributed by atoms with Crippen LogP contribution >= 0.6 is 0 Å². The fourth-order valence-electron chi connectivity index (χ4n) is 1.62. The van der Waals surface area contributed by atoms with E-state index in [0.717, 1.165) is 0 Å². The molecule has 19 heavy (non-hydrogen) atoms. The molecular formula is C12H11F3NO3-. The van der Waals surface area contributed by atoms with Gasteiger partial charge in [-0.2, -0.15) is 13.2 Å². The van der Waals surface area contributed by atoms with Gasteiger partial charge in [-0.25, -0.2) is 0 Å². The number of nitrogens with one attached hydrogen (secondary N) is 1. The van der Waals surface area contributed by atoms with Crippen molar-refractivity contribution in [3.63, 3.8) is 0 Å². The van der Waals surface area contributed by atoms with E-state index in [0.29, 0.717) is 11.1 Å². The summed E-state index contributed by atoms with van der Waals surface area (Å²) >= 11 is 0. The van der Waals surface area contributed by atoms with E-state index in [9.17, 15) is 27.9 Å². The third-order valence-electron chi connectivity index (χ3n) is 2.50. The zero-order valence-electron chi connectivity index (χ0n) is 9.95. The highest BCUT2D eigenvalue weighted by molar-refractivity contribution is 5.82. The van der Waals surface area contributed by atoms with E-state index in [1.54, 1.807) is 30.4 Å². The number of benzene rings is 1. The smallest absolute Gasteiger partial charge is 0.471 e. The van der Waals surface area contributed by atoms with E-state index in [-0.39, 0.29) is 0 Å². The second kappa shape index (κ2) is 5.73. The number of hydrogen-bond acceptors (Lipinski definition) is 3. The maximum absolute atomic E-state index is 12.2. The number of aryl methyl sites for hydroxylation is 1. The van der Waals surface area contributed by atoms with Gasteiger partial charge in [0.1, 0.15) is 0 Å². The van der Waals surface area contributed by atoms with Gasteiger partial charge >= 0.3 is 12.1 Å². The minimum Gasteiger partial charge on any atom is -0.550 e. The van der Waals surface area contributed by atoms with Crippen molar-refractivity contribution in [2.24, 2.45) is 0 Å². The number of carbonyl (C=O) groups is 2. The number of alkyl halides is 3. The summed E-state index contributed by atoms with van der Waals surface area (Å²) in [6.07, 6.45) is -5.79. The van der Waals surface area contributed by atoms with E-state index in [1.165, 1.54) is 6.07 Å². The fraction of sp³-hybridized carbons (Fsp3) is 0.333. The lowest BCUT2D eigenvalue weighted by molar-refractivity contribution is -0.306. The molecule has 1 rings (SSSR count). The van der Waals surface area contributed by atoms with Crippen molar-refractivity contribution in [2.75, 3.05) is 0 Å². The van der Waals surface area contributed by atoms with E-state index in [1.807, 2.05) is 0 Å². The molecule has 0 aliphatic heterocycles. The number of rotatable bonds is 4. The Morgan fingerprint density at radius 1 is 1.32 bits per heavy atom. The van der Waals surface area contributed by atoms with E-state index in [2.05, 4.69) is 0 Å². The van der Waals surface area contributed by atoms with Crippen LogP contribution in [0.3, 0.4) is 0 Å². The standard InChI is InChI=1S/C12H12F3NO3/c1-7-4-2-3-5-8(7)9(6-10(17)18)16-11(19)12(13,14)15/h2-5,9H,6H2,1H3,(H,16,19)(H,17,18)/p-1/t9-/m0/s1. The molecule has 0 fully saturated rings. The molecule has 0 bridgehead atoms. The lowest BCUT2D eigenvalue weighted by Gasteiger charge is -2.22. The van der Waals surface area contributed by atoms with Gasteiger partial charge in [-0.1, -0.05) is 24.3 Å². The lowest BCUT2D eigenvalue weighted by Crippen LogP contribution is -2.41. The average molecular weight is 274 g/mol. The van der Waals surface area contributed by atoms with E-state index in [4.69, 9.17) is 0 Å². The molecule has 4 nitrogen and oxygen atoms in total. The Balaban J connectivity index is 3.00. The molecule has 0 saturated heterocycles. The minimum absolute atomic E-state index is 0.310. The largest absolute Gasteiger partial charge is 0.550 e. The molecule has 0 heterocycles. The zero-order chi connectivity index (χ0) is 14.6. The molecule has 104 valence electrons. The summed E-state index contributed by atoms with van der Waals surface area (Å²) in [5, 5.41) is 12.2. The predicted molar refractivity (Wildman–Crippen MR) is 57.7 cm³/mol. The number of halogens is 3. The number of carboxylic acids is 1. The van der Waals surface area contributed by atoms with Crippen LogP contribution in [-0.2, 0) is 9.59 Å². The summed E-state index contributed by atoms with van der Waals surface area (Å²) < 4.78 is 36.6. The highest BCUT2D eigenvalue weighted by atomic mass is 19.4. The van der Waals surface area contributed by atoms with Crippen molar-refractivity contribution in [3.8, 4) is 0 Å².